The Labute approximate surface area is 124 Å². The van der Waals surface area contributed by atoms with Gasteiger partial charge in [0, 0.05) is 17.1 Å². The molecule has 0 aliphatic heterocycles. The van der Waals surface area contributed by atoms with E-state index in [1.807, 2.05) is 6.92 Å². The van der Waals surface area contributed by atoms with Gasteiger partial charge in [0.05, 0.1) is 5.41 Å². The van der Waals surface area contributed by atoms with Crippen LogP contribution in [0.5, 0.6) is 0 Å². The normalized spacial score (nSPS) is 13.9. The molecule has 0 aromatic heterocycles. The molecule has 5 heteroatoms. The highest BCUT2D eigenvalue weighted by atomic mass is 35.5. The molecule has 110 valence electrons. The summed E-state index contributed by atoms with van der Waals surface area (Å²) in [6.07, 6.45) is -0.0674. The van der Waals surface area contributed by atoms with Crippen LogP contribution in [0.3, 0.4) is 0 Å². The van der Waals surface area contributed by atoms with Crippen LogP contribution in [-0.4, -0.2) is 17.0 Å². The quantitative estimate of drug-likeness (QED) is 0.870. The van der Waals surface area contributed by atoms with E-state index in [1.165, 1.54) is 0 Å². The number of aryl methyl sites for hydroxylation is 1. The summed E-state index contributed by atoms with van der Waals surface area (Å²) in [7, 11) is 0. The number of carboxylic acid groups (broad SMARTS) is 1. The molecule has 1 amide bonds. The van der Waals surface area contributed by atoms with E-state index in [2.05, 4.69) is 5.32 Å². The number of benzene rings is 1. The fraction of sp³-hybridized carbons (Fsp3) is 0.467. The van der Waals surface area contributed by atoms with E-state index in [1.54, 1.807) is 39.0 Å². The number of halogens is 1. The molecule has 0 heterocycles. The van der Waals surface area contributed by atoms with E-state index in [-0.39, 0.29) is 18.2 Å². The molecule has 0 spiro atoms. The molecule has 20 heavy (non-hydrogen) atoms. The Hall–Kier alpha value is -1.55. The Kier molecular flexibility index (Phi) is 5.17. The third-order valence-electron chi connectivity index (χ3n) is 3.75. The summed E-state index contributed by atoms with van der Waals surface area (Å²) in [4.78, 5) is 23.4. The lowest BCUT2D eigenvalue weighted by atomic mass is 9.76. The molecule has 0 aliphatic carbocycles. The number of carbonyl (C=O) groups excluding carboxylic acids is 1. The number of aliphatic carboxylic acids is 1. The predicted octanol–water partition coefficient (Wildman–Crippen LogP) is 3.72. The first-order chi connectivity index (χ1) is 9.16. The van der Waals surface area contributed by atoms with E-state index in [4.69, 9.17) is 11.6 Å². The maximum absolute atomic E-state index is 12.1. The third kappa shape index (κ3) is 3.73. The highest BCUT2D eigenvalue weighted by Gasteiger charge is 2.38. The van der Waals surface area contributed by atoms with Crippen LogP contribution >= 0.6 is 11.6 Å². The summed E-state index contributed by atoms with van der Waals surface area (Å²) >= 11 is 5.85. The average molecular weight is 298 g/mol. The van der Waals surface area contributed by atoms with E-state index < -0.39 is 11.4 Å². The van der Waals surface area contributed by atoms with Crippen molar-refractivity contribution in [1.82, 2.24) is 0 Å². The number of carboxylic acids is 1. The van der Waals surface area contributed by atoms with Crippen molar-refractivity contribution in [2.24, 2.45) is 11.3 Å². The van der Waals surface area contributed by atoms with Crippen LogP contribution in [0, 0.1) is 18.3 Å². The minimum absolute atomic E-state index is 0.0674. The molecule has 0 saturated heterocycles. The Morgan fingerprint density at radius 1 is 1.40 bits per heavy atom. The van der Waals surface area contributed by atoms with Gasteiger partial charge >= 0.3 is 5.97 Å². The first kappa shape index (κ1) is 16.5. The molecule has 0 saturated carbocycles. The molecular formula is C15H20ClNO3. The summed E-state index contributed by atoms with van der Waals surface area (Å²) < 4.78 is 0. The first-order valence-corrected chi connectivity index (χ1v) is 6.84. The lowest BCUT2D eigenvalue weighted by Gasteiger charge is -2.28. The van der Waals surface area contributed by atoms with E-state index in [9.17, 15) is 14.7 Å². The minimum atomic E-state index is -1.08. The van der Waals surface area contributed by atoms with Gasteiger partial charge in [0.2, 0.25) is 5.91 Å². The van der Waals surface area contributed by atoms with E-state index in [0.717, 1.165) is 5.56 Å². The zero-order valence-electron chi connectivity index (χ0n) is 12.2. The first-order valence-electron chi connectivity index (χ1n) is 6.46. The van der Waals surface area contributed by atoms with Gasteiger partial charge in [-0.25, -0.2) is 0 Å². The molecule has 0 radical (unpaired) electrons. The van der Waals surface area contributed by atoms with Crippen LogP contribution in [0.2, 0.25) is 5.02 Å². The van der Waals surface area contributed by atoms with Crippen LogP contribution in [0.4, 0.5) is 5.69 Å². The topological polar surface area (TPSA) is 66.4 Å². The number of hydrogen-bond donors (Lipinski definition) is 2. The van der Waals surface area contributed by atoms with Crippen LogP contribution < -0.4 is 5.32 Å². The molecule has 1 aromatic rings. The summed E-state index contributed by atoms with van der Waals surface area (Å²) in [6.45, 7) is 7.03. The number of rotatable bonds is 5. The van der Waals surface area contributed by atoms with Crippen molar-refractivity contribution >= 4 is 29.2 Å². The van der Waals surface area contributed by atoms with Gasteiger partial charge in [-0.05, 0) is 43.5 Å². The second-order valence-electron chi connectivity index (χ2n) is 5.56. The number of amides is 1. The molecule has 4 nitrogen and oxygen atoms in total. The molecular weight excluding hydrogens is 278 g/mol. The highest BCUT2D eigenvalue weighted by molar-refractivity contribution is 6.30. The lowest BCUT2D eigenvalue weighted by molar-refractivity contribution is -0.153. The summed E-state index contributed by atoms with van der Waals surface area (Å²) in [5, 5.41) is 12.6. The molecule has 1 rings (SSSR count). The van der Waals surface area contributed by atoms with Crippen molar-refractivity contribution in [2.45, 2.75) is 34.1 Å². The van der Waals surface area contributed by atoms with Gasteiger partial charge in [-0.1, -0.05) is 25.4 Å². The molecule has 2 N–H and O–H groups in total. The van der Waals surface area contributed by atoms with Crippen molar-refractivity contribution in [1.29, 1.82) is 0 Å². The molecule has 0 aliphatic rings. The van der Waals surface area contributed by atoms with Crippen LogP contribution in [0.25, 0.3) is 0 Å². The van der Waals surface area contributed by atoms with Gasteiger partial charge in [-0.15, -0.1) is 0 Å². The summed E-state index contributed by atoms with van der Waals surface area (Å²) in [5.74, 6) is -1.42. The van der Waals surface area contributed by atoms with Crippen LogP contribution in [0.15, 0.2) is 18.2 Å². The van der Waals surface area contributed by atoms with Gasteiger partial charge in [0.25, 0.3) is 0 Å². The molecule has 0 fully saturated rings. The largest absolute Gasteiger partial charge is 0.481 e. The Balaban J connectivity index is 2.84. The Morgan fingerprint density at radius 3 is 2.45 bits per heavy atom. The van der Waals surface area contributed by atoms with Crippen molar-refractivity contribution < 1.29 is 14.7 Å². The van der Waals surface area contributed by atoms with Gasteiger partial charge in [0.1, 0.15) is 0 Å². The van der Waals surface area contributed by atoms with Crippen LogP contribution in [0.1, 0.15) is 32.8 Å². The molecule has 1 aromatic carbocycles. The second-order valence-corrected chi connectivity index (χ2v) is 6.00. The van der Waals surface area contributed by atoms with E-state index in [0.29, 0.717) is 10.7 Å². The van der Waals surface area contributed by atoms with Crippen molar-refractivity contribution in [3.63, 3.8) is 0 Å². The SMILES string of the molecule is Cc1cc(Cl)ccc1NC(=O)CC(C)(C(=O)O)C(C)C. The van der Waals surface area contributed by atoms with E-state index >= 15 is 0 Å². The second kappa shape index (κ2) is 6.27. The average Bonchev–Trinajstić information content (AvgIpc) is 2.32. The third-order valence-corrected chi connectivity index (χ3v) is 3.99. The van der Waals surface area contributed by atoms with Gasteiger partial charge in [0.15, 0.2) is 0 Å². The molecule has 1 unspecified atom stereocenters. The fourth-order valence-electron chi connectivity index (χ4n) is 1.82. The summed E-state index contributed by atoms with van der Waals surface area (Å²) in [5.41, 5.74) is 0.410. The number of nitrogens with one attached hydrogen (secondary N) is 1. The summed E-state index contributed by atoms with van der Waals surface area (Å²) in [6, 6.07) is 5.14. The minimum Gasteiger partial charge on any atom is -0.481 e. The smallest absolute Gasteiger partial charge is 0.310 e. The van der Waals surface area contributed by atoms with Crippen molar-refractivity contribution in [3.8, 4) is 0 Å². The lowest BCUT2D eigenvalue weighted by Crippen LogP contribution is -2.37. The van der Waals surface area contributed by atoms with Crippen molar-refractivity contribution in [2.75, 3.05) is 5.32 Å². The number of hydrogen-bond acceptors (Lipinski definition) is 2. The Bertz CT molecular complexity index is 528. The van der Waals surface area contributed by atoms with Gasteiger partial charge < -0.3 is 10.4 Å². The zero-order valence-corrected chi connectivity index (χ0v) is 12.9. The predicted molar refractivity (Wildman–Crippen MR) is 80.0 cm³/mol. The monoisotopic (exact) mass is 297 g/mol. The molecule has 0 bridgehead atoms. The van der Waals surface area contributed by atoms with Gasteiger partial charge in [-0.2, -0.15) is 0 Å². The zero-order chi connectivity index (χ0) is 15.5. The maximum Gasteiger partial charge on any atom is 0.310 e. The van der Waals surface area contributed by atoms with Crippen molar-refractivity contribution in [3.05, 3.63) is 28.8 Å². The maximum atomic E-state index is 12.1. The van der Waals surface area contributed by atoms with Gasteiger partial charge in [-0.3, -0.25) is 9.59 Å². The number of carbonyl (C=O) groups is 2. The standard InChI is InChI=1S/C15H20ClNO3/c1-9(2)15(4,14(19)20)8-13(18)17-12-6-5-11(16)7-10(12)3/h5-7,9H,8H2,1-4H3,(H,17,18)(H,19,20). The number of anilines is 1. The Morgan fingerprint density at radius 2 is 2.00 bits per heavy atom. The van der Waals surface area contributed by atoms with Crippen LogP contribution in [-0.2, 0) is 9.59 Å². The highest BCUT2D eigenvalue weighted by Crippen LogP contribution is 2.32. The fourth-order valence-corrected chi connectivity index (χ4v) is 2.05. The molecule has 1 atom stereocenters.